The lowest BCUT2D eigenvalue weighted by molar-refractivity contribution is 0.674. The van der Waals surface area contributed by atoms with Gasteiger partial charge in [0, 0.05) is 38.4 Å². The van der Waals surface area contributed by atoms with Crippen molar-refractivity contribution in [3.05, 3.63) is 223 Å². The second-order valence-corrected chi connectivity index (χ2v) is 15.3. The van der Waals surface area contributed by atoms with E-state index >= 15 is 0 Å². The number of aromatic nitrogens is 1. The Labute approximate surface area is 341 Å². The lowest BCUT2D eigenvalue weighted by atomic mass is 9.89. The van der Waals surface area contributed by atoms with Crippen LogP contribution >= 0.6 is 0 Å². The van der Waals surface area contributed by atoms with Crippen LogP contribution in [0.5, 0.6) is 0 Å². The van der Waals surface area contributed by atoms with Crippen LogP contribution in [0.3, 0.4) is 0 Å². The molecule has 2 heterocycles. The van der Waals surface area contributed by atoms with E-state index in [0.717, 1.165) is 33.6 Å². The average molecular weight is 753 g/mol. The van der Waals surface area contributed by atoms with Crippen molar-refractivity contribution < 1.29 is 0 Å². The van der Waals surface area contributed by atoms with Gasteiger partial charge in [0.25, 0.3) is 0 Å². The SMILES string of the molecule is c1ccc(C2=NC(c3cc4c5ccccc5c5c(c4c4ccccc34)c3c4ccccc4ccc3n5-c3ccc(-c4ccccc4)cc3)=NC(c3ccccc3)N2)cc1. The van der Waals surface area contributed by atoms with Crippen molar-refractivity contribution in [2.75, 3.05) is 0 Å². The molecule has 1 aromatic heterocycles. The summed E-state index contributed by atoms with van der Waals surface area (Å²) in [6.45, 7) is 0. The van der Waals surface area contributed by atoms with Crippen molar-refractivity contribution >= 4 is 76.6 Å². The molecular formula is C55H36N4. The summed E-state index contributed by atoms with van der Waals surface area (Å²) in [6, 6.07) is 74.0. The number of benzene rings is 10. The molecule has 1 unspecified atom stereocenters. The van der Waals surface area contributed by atoms with Crippen LogP contribution in [0.4, 0.5) is 0 Å². The normalized spacial score (nSPS) is 14.3. The summed E-state index contributed by atoms with van der Waals surface area (Å²) in [7, 11) is 0. The standard InChI is InChI=1S/C55H36N4/c1-4-16-35(17-5-1)36-28-31-40(32-29-36)59-48-33-30-37-18-10-11-23-41(37)50(48)51-49-44-26-14-12-24-42(44)47(34-46(49)43-25-13-15-27-45(43)52(51)59)55-57-53(38-19-6-2-7-20-38)56-54(58-55)39-21-8-3-9-22-39/h1-34,53H,(H,56,57,58). The molecule has 0 saturated carbocycles. The number of amidine groups is 2. The quantitative estimate of drug-likeness (QED) is 0.175. The summed E-state index contributed by atoms with van der Waals surface area (Å²) < 4.78 is 2.49. The number of fused-ring (bicyclic) bond motifs is 12. The minimum Gasteiger partial charge on any atom is -0.344 e. The van der Waals surface area contributed by atoms with E-state index in [0.29, 0.717) is 5.84 Å². The predicted molar refractivity (Wildman–Crippen MR) is 248 cm³/mol. The number of nitrogens with one attached hydrogen (secondary N) is 1. The van der Waals surface area contributed by atoms with Crippen molar-refractivity contribution in [2.45, 2.75) is 6.17 Å². The van der Waals surface area contributed by atoms with E-state index in [4.69, 9.17) is 9.98 Å². The number of nitrogens with zero attached hydrogens (tertiary/aromatic N) is 3. The van der Waals surface area contributed by atoms with Crippen LogP contribution in [-0.4, -0.2) is 16.2 Å². The first-order valence-corrected chi connectivity index (χ1v) is 20.2. The number of hydrogen-bond acceptors (Lipinski definition) is 3. The van der Waals surface area contributed by atoms with Crippen molar-refractivity contribution in [3.8, 4) is 16.8 Å². The molecular weight excluding hydrogens is 717 g/mol. The first-order chi connectivity index (χ1) is 29.3. The van der Waals surface area contributed by atoms with Crippen LogP contribution in [0.1, 0.15) is 22.9 Å². The molecule has 1 aliphatic heterocycles. The lowest BCUT2D eigenvalue weighted by Gasteiger charge is -2.24. The van der Waals surface area contributed by atoms with Crippen molar-refractivity contribution in [1.29, 1.82) is 0 Å². The Kier molecular flexibility index (Phi) is 7.57. The molecule has 276 valence electrons. The fourth-order valence-corrected chi connectivity index (χ4v) is 9.34. The van der Waals surface area contributed by atoms with Crippen LogP contribution in [0.2, 0.25) is 0 Å². The van der Waals surface area contributed by atoms with E-state index in [1.165, 1.54) is 70.6 Å². The zero-order valence-corrected chi connectivity index (χ0v) is 32.0. The summed E-state index contributed by atoms with van der Waals surface area (Å²) in [5.41, 5.74) is 9.04. The van der Waals surface area contributed by atoms with Gasteiger partial charge in [0.15, 0.2) is 5.84 Å². The molecule has 0 aliphatic carbocycles. The predicted octanol–water partition coefficient (Wildman–Crippen LogP) is 13.6. The molecule has 10 aromatic carbocycles. The Morgan fingerprint density at radius 3 is 1.76 bits per heavy atom. The first kappa shape index (κ1) is 33.3. The van der Waals surface area contributed by atoms with Crippen LogP contribution in [0.15, 0.2) is 216 Å². The maximum absolute atomic E-state index is 5.37. The molecule has 0 spiro atoms. The van der Waals surface area contributed by atoms with Crippen LogP contribution in [0, 0.1) is 0 Å². The smallest absolute Gasteiger partial charge is 0.160 e. The topological polar surface area (TPSA) is 41.7 Å². The van der Waals surface area contributed by atoms with Gasteiger partial charge in [-0.2, -0.15) is 0 Å². The largest absolute Gasteiger partial charge is 0.344 e. The molecule has 4 nitrogen and oxygen atoms in total. The van der Waals surface area contributed by atoms with Gasteiger partial charge in [-0.05, 0) is 73.3 Å². The minimum absolute atomic E-state index is 0.301. The highest BCUT2D eigenvalue weighted by molar-refractivity contribution is 6.41. The van der Waals surface area contributed by atoms with Gasteiger partial charge in [-0.3, -0.25) is 0 Å². The maximum Gasteiger partial charge on any atom is 0.160 e. The third-order valence-corrected chi connectivity index (χ3v) is 12.0. The highest BCUT2D eigenvalue weighted by Gasteiger charge is 2.26. The zero-order chi connectivity index (χ0) is 38.9. The van der Waals surface area contributed by atoms with Crippen LogP contribution in [0.25, 0.3) is 81.7 Å². The molecule has 1 aliphatic rings. The third-order valence-electron chi connectivity index (χ3n) is 12.0. The lowest BCUT2D eigenvalue weighted by Crippen LogP contribution is -2.33. The minimum atomic E-state index is -0.301. The van der Waals surface area contributed by atoms with Gasteiger partial charge in [-0.25, -0.2) is 9.98 Å². The molecule has 12 rings (SSSR count). The Balaban J connectivity index is 1.21. The Hall–Kier alpha value is -7.82. The summed E-state index contributed by atoms with van der Waals surface area (Å²) in [4.78, 5) is 10.7. The Bertz CT molecular complexity index is 3490. The average Bonchev–Trinajstić information content (AvgIpc) is 3.68. The highest BCUT2D eigenvalue weighted by atomic mass is 15.2. The van der Waals surface area contributed by atoms with Gasteiger partial charge in [0.2, 0.25) is 0 Å². The van der Waals surface area contributed by atoms with E-state index in [9.17, 15) is 0 Å². The Morgan fingerprint density at radius 2 is 1.02 bits per heavy atom. The highest BCUT2D eigenvalue weighted by Crippen LogP contribution is 2.47. The van der Waals surface area contributed by atoms with E-state index in [2.05, 4.69) is 204 Å². The van der Waals surface area contributed by atoms with E-state index < -0.39 is 0 Å². The second-order valence-electron chi connectivity index (χ2n) is 15.3. The van der Waals surface area contributed by atoms with Gasteiger partial charge >= 0.3 is 0 Å². The maximum atomic E-state index is 5.37. The molecule has 59 heavy (non-hydrogen) atoms. The van der Waals surface area contributed by atoms with Gasteiger partial charge in [-0.15, -0.1) is 0 Å². The number of rotatable bonds is 5. The molecule has 0 radical (unpaired) electrons. The van der Waals surface area contributed by atoms with Gasteiger partial charge in [-0.1, -0.05) is 182 Å². The second kappa shape index (κ2) is 13.4. The van der Waals surface area contributed by atoms with Crippen molar-refractivity contribution in [3.63, 3.8) is 0 Å². The summed E-state index contributed by atoms with van der Waals surface area (Å²) in [6.07, 6.45) is -0.301. The molecule has 4 heteroatoms. The number of hydrogen-bond donors (Lipinski definition) is 1. The van der Waals surface area contributed by atoms with Gasteiger partial charge in [0.1, 0.15) is 12.0 Å². The Morgan fingerprint density at radius 1 is 0.424 bits per heavy atom. The monoisotopic (exact) mass is 752 g/mol. The van der Waals surface area contributed by atoms with E-state index in [1.54, 1.807) is 0 Å². The van der Waals surface area contributed by atoms with E-state index in [1.807, 2.05) is 12.1 Å². The van der Waals surface area contributed by atoms with Gasteiger partial charge in [0.05, 0.1) is 11.0 Å². The molecule has 1 N–H and O–H groups in total. The molecule has 0 amide bonds. The molecule has 1 atom stereocenters. The summed E-state index contributed by atoms with van der Waals surface area (Å²) in [5.74, 6) is 1.52. The fraction of sp³-hybridized carbons (Fsp3) is 0.0182. The molecule has 11 aromatic rings. The van der Waals surface area contributed by atoms with Crippen LogP contribution < -0.4 is 5.32 Å². The third kappa shape index (κ3) is 5.30. The summed E-state index contributed by atoms with van der Waals surface area (Å²) in [5, 5.41) is 15.7. The summed E-state index contributed by atoms with van der Waals surface area (Å²) >= 11 is 0. The molecule has 0 bridgehead atoms. The number of aliphatic imine (C=N–C) groups is 2. The van der Waals surface area contributed by atoms with Crippen molar-refractivity contribution in [1.82, 2.24) is 9.88 Å². The van der Waals surface area contributed by atoms with Gasteiger partial charge < -0.3 is 9.88 Å². The van der Waals surface area contributed by atoms with E-state index in [-0.39, 0.29) is 6.17 Å². The molecule has 0 fully saturated rings. The van der Waals surface area contributed by atoms with Crippen LogP contribution in [-0.2, 0) is 0 Å². The first-order valence-electron chi connectivity index (χ1n) is 20.2. The fourth-order valence-electron chi connectivity index (χ4n) is 9.34. The zero-order valence-electron chi connectivity index (χ0n) is 32.0. The molecule has 0 saturated heterocycles. The van der Waals surface area contributed by atoms with Crippen molar-refractivity contribution in [2.24, 2.45) is 9.98 Å².